The Hall–Kier alpha value is -1.22. The highest BCUT2D eigenvalue weighted by molar-refractivity contribution is 9.11. The van der Waals surface area contributed by atoms with E-state index < -0.39 is 0 Å². The van der Waals surface area contributed by atoms with Crippen molar-refractivity contribution >= 4 is 33.2 Å². The van der Waals surface area contributed by atoms with Crippen LogP contribution in [0, 0.1) is 0 Å². The first-order valence-corrected chi connectivity index (χ1v) is 8.34. The summed E-state index contributed by atoms with van der Waals surface area (Å²) >= 11 is 5.15. The Morgan fingerprint density at radius 3 is 3.10 bits per heavy atom. The van der Waals surface area contributed by atoms with E-state index in [0.29, 0.717) is 6.54 Å². The number of hydrogen-bond acceptors (Lipinski definition) is 5. The number of carbonyl (C=O) groups excluding carboxylic acids is 1. The number of hydrazine groups is 1. The normalized spacial score (nSPS) is 21.6. The Labute approximate surface area is 134 Å². The van der Waals surface area contributed by atoms with E-state index in [9.17, 15) is 4.79 Å². The molecule has 1 aliphatic rings. The molecule has 1 aliphatic heterocycles. The number of imidazole rings is 1. The summed E-state index contributed by atoms with van der Waals surface area (Å²) in [4.78, 5) is 20.3. The third-order valence-corrected chi connectivity index (χ3v) is 5.14. The highest BCUT2D eigenvalue weighted by Gasteiger charge is 2.30. The first kappa shape index (κ1) is 14.7. The number of halogens is 1. The van der Waals surface area contributed by atoms with Gasteiger partial charge in [0.25, 0.3) is 0 Å². The molecule has 0 bridgehead atoms. The van der Waals surface area contributed by atoms with Crippen molar-refractivity contribution in [3.63, 3.8) is 0 Å². The molecule has 0 spiro atoms. The van der Waals surface area contributed by atoms with E-state index in [4.69, 9.17) is 0 Å². The molecule has 0 saturated carbocycles. The van der Waals surface area contributed by atoms with Crippen LogP contribution in [0.3, 0.4) is 0 Å². The maximum Gasteiger partial charge on any atom is 0.238 e. The number of thiophene rings is 1. The molecule has 8 heteroatoms. The van der Waals surface area contributed by atoms with Gasteiger partial charge in [0, 0.05) is 29.7 Å². The minimum absolute atomic E-state index is 0.0279. The van der Waals surface area contributed by atoms with E-state index in [1.807, 2.05) is 6.07 Å². The van der Waals surface area contributed by atoms with Crippen LogP contribution in [-0.4, -0.2) is 28.5 Å². The van der Waals surface area contributed by atoms with Gasteiger partial charge in [0.15, 0.2) is 0 Å². The minimum Gasteiger partial charge on any atom is -0.354 e. The Morgan fingerprint density at radius 2 is 2.38 bits per heavy atom. The van der Waals surface area contributed by atoms with Crippen LogP contribution in [-0.2, 0) is 11.2 Å². The lowest BCUT2D eigenvalue weighted by Gasteiger charge is -2.09. The van der Waals surface area contributed by atoms with Gasteiger partial charge in [-0.3, -0.25) is 4.79 Å². The molecular weight excluding hydrogens is 354 g/mol. The number of carbonyl (C=O) groups is 1. The van der Waals surface area contributed by atoms with Gasteiger partial charge in [-0.25, -0.2) is 15.8 Å². The fourth-order valence-electron chi connectivity index (χ4n) is 2.30. The van der Waals surface area contributed by atoms with Crippen LogP contribution in [0.4, 0.5) is 0 Å². The number of nitrogens with one attached hydrogen (secondary N) is 4. The van der Waals surface area contributed by atoms with Crippen LogP contribution >= 0.6 is 27.3 Å². The van der Waals surface area contributed by atoms with Gasteiger partial charge in [0.2, 0.25) is 5.91 Å². The van der Waals surface area contributed by atoms with Crippen LogP contribution in [0.1, 0.15) is 23.0 Å². The molecule has 6 nitrogen and oxygen atoms in total. The number of aromatic nitrogens is 2. The predicted molar refractivity (Wildman–Crippen MR) is 84.7 cm³/mol. The maximum atomic E-state index is 12.1. The largest absolute Gasteiger partial charge is 0.354 e. The molecule has 0 radical (unpaired) electrons. The molecule has 3 heterocycles. The Balaban J connectivity index is 1.46. The number of aromatic amines is 1. The number of H-pyrrole nitrogens is 1. The van der Waals surface area contributed by atoms with Crippen molar-refractivity contribution in [2.24, 2.45) is 0 Å². The monoisotopic (exact) mass is 369 g/mol. The molecule has 1 saturated heterocycles. The van der Waals surface area contributed by atoms with Crippen molar-refractivity contribution in [3.8, 4) is 0 Å². The van der Waals surface area contributed by atoms with Gasteiger partial charge < -0.3 is 10.3 Å². The van der Waals surface area contributed by atoms with E-state index in [1.54, 1.807) is 23.9 Å². The second kappa shape index (κ2) is 6.69. The van der Waals surface area contributed by atoms with Gasteiger partial charge >= 0.3 is 0 Å². The standard InChI is InChI=1S/C13H16BrN5OS/c14-12-2-1-11(21-12)9-5-10(19-18-9)13(20)16-4-3-8-6-15-7-17-8/h1-2,6-7,9-10,18-19H,3-5H2,(H,15,17)(H,16,20). The van der Waals surface area contributed by atoms with Gasteiger partial charge in [0.1, 0.15) is 6.04 Å². The zero-order chi connectivity index (χ0) is 14.7. The summed E-state index contributed by atoms with van der Waals surface area (Å²) in [6.45, 7) is 0.606. The quantitative estimate of drug-likeness (QED) is 0.643. The summed E-state index contributed by atoms with van der Waals surface area (Å²) in [5, 5.41) is 2.95. The number of rotatable bonds is 5. The molecule has 2 unspecified atom stereocenters. The number of hydrogen-bond donors (Lipinski definition) is 4. The summed E-state index contributed by atoms with van der Waals surface area (Å²) in [5.74, 6) is 0.0279. The average Bonchev–Trinajstić information content (AvgIpc) is 3.19. The van der Waals surface area contributed by atoms with Crippen LogP contribution < -0.4 is 16.2 Å². The lowest BCUT2D eigenvalue weighted by Crippen LogP contribution is -2.43. The molecule has 2 atom stereocenters. The first-order valence-electron chi connectivity index (χ1n) is 6.73. The van der Waals surface area contributed by atoms with Crippen LogP contribution in [0.5, 0.6) is 0 Å². The highest BCUT2D eigenvalue weighted by atomic mass is 79.9. The van der Waals surface area contributed by atoms with Gasteiger partial charge in [-0.05, 0) is 34.5 Å². The summed E-state index contributed by atoms with van der Waals surface area (Å²) in [7, 11) is 0. The Morgan fingerprint density at radius 1 is 1.48 bits per heavy atom. The molecule has 1 amide bonds. The molecule has 1 fully saturated rings. The average molecular weight is 370 g/mol. The molecule has 2 aromatic heterocycles. The van der Waals surface area contributed by atoms with Crippen molar-refractivity contribution in [2.75, 3.05) is 6.54 Å². The molecule has 2 aromatic rings. The van der Waals surface area contributed by atoms with Crippen molar-refractivity contribution in [3.05, 3.63) is 39.0 Å². The second-order valence-corrected chi connectivity index (χ2v) is 7.38. The Bertz CT molecular complexity index is 599. The van der Waals surface area contributed by atoms with Crippen LogP contribution in [0.15, 0.2) is 28.4 Å². The van der Waals surface area contributed by atoms with Crippen molar-refractivity contribution < 1.29 is 4.79 Å². The molecule has 4 N–H and O–H groups in total. The van der Waals surface area contributed by atoms with Crippen molar-refractivity contribution in [1.82, 2.24) is 26.1 Å². The van der Waals surface area contributed by atoms with Gasteiger partial charge in [-0.2, -0.15) is 0 Å². The molecule has 0 aliphatic carbocycles. The topological polar surface area (TPSA) is 81.8 Å². The second-order valence-electron chi connectivity index (χ2n) is 4.89. The van der Waals surface area contributed by atoms with Crippen LogP contribution in [0.2, 0.25) is 0 Å². The predicted octanol–water partition coefficient (Wildman–Crippen LogP) is 1.50. The van der Waals surface area contributed by atoms with Gasteiger partial charge in [-0.15, -0.1) is 11.3 Å². The summed E-state index contributed by atoms with van der Waals surface area (Å²) in [6, 6.07) is 4.09. The van der Waals surface area contributed by atoms with E-state index in [-0.39, 0.29) is 18.0 Å². The van der Waals surface area contributed by atoms with E-state index in [2.05, 4.69) is 48.1 Å². The third kappa shape index (κ3) is 3.70. The lowest BCUT2D eigenvalue weighted by atomic mass is 10.1. The SMILES string of the molecule is O=C(NCCc1cnc[nH]1)C1CC(c2ccc(Br)s2)NN1. The lowest BCUT2D eigenvalue weighted by molar-refractivity contribution is -0.122. The zero-order valence-corrected chi connectivity index (χ0v) is 13.6. The maximum absolute atomic E-state index is 12.1. The van der Waals surface area contributed by atoms with E-state index in [0.717, 1.165) is 22.3 Å². The fraction of sp³-hybridized carbons (Fsp3) is 0.385. The van der Waals surface area contributed by atoms with Crippen LogP contribution in [0.25, 0.3) is 0 Å². The van der Waals surface area contributed by atoms with Crippen molar-refractivity contribution in [1.29, 1.82) is 0 Å². The molecule has 21 heavy (non-hydrogen) atoms. The number of amides is 1. The minimum atomic E-state index is -0.197. The zero-order valence-electron chi connectivity index (χ0n) is 11.2. The molecule has 0 aromatic carbocycles. The molecule has 3 rings (SSSR count). The first-order chi connectivity index (χ1) is 10.2. The third-order valence-electron chi connectivity index (χ3n) is 3.41. The molecular formula is C13H16BrN5OS. The number of nitrogens with zero attached hydrogens (tertiary/aromatic N) is 1. The van der Waals surface area contributed by atoms with Gasteiger partial charge in [0.05, 0.1) is 16.2 Å². The smallest absolute Gasteiger partial charge is 0.238 e. The van der Waals surface area contributed by atoms with Crippen molar-refractivity contribution in [2.45, 2.75) is 24.9 Å². The fourth-order valence-corrected chi connectivity index (χ4v) is 3.78. The summed E-state index contributed by atoms with van der Waals surface area (Å²) in [6.07, 6.45) is 4.92. The molecule has 112 valence electrons. The van der Waals surface area contributed by atoms with Gasteiger partial charge in [-0.1, -0.05) is 0 Å². The van der Waals surface area contributed by atoms with E-state index >= 15 is 0 Å². The van der Waals surface area contributed by atoms with E-state index in [1.165, 1.54) is 4.88 Å². The summed E-state index contributed by atoms with van der Waals surface area (Å²) in [5.41, 5.74) is 7.27. The Kier molecular flexibility index (Phi) is 4.69. The summed E-state index contributed by atoms with van der Waals surface area (Å²) < 4.78 is 1.10. The highest BCUT2D eigenvalue weighted by Crippen LogP contribution is 2.31.